The van der Waals surface area contributed by atoms with Gasteiger partial charge in [-0.25, -0.2) is 49.2 Å². The zero-order chi connectivity index (χ0) is 38.7. The zero-order valence-electron chi connectivity index (χ0n) is 31.2. The van der Waals surface area contributed by atoms with E-state index in [-0.39, 0.29) is 72.6 Å². The van der Waals surface area contributed by atoms with E-state index in [0.717, 1.165) is 0 Å². The van der Waals surface area contributed by atoms with E-state index < -0.39 is 36.6 Å². The van der Waals surface area contributed by atoms with Crippen molar-refractivity contribution in [1.29, 1.82) is 5.26 Å². The number of rotatable bonds is 30. The number of aliphatic hydroxyl groups is 6. The van der Waals surface area contributed by atoms with E-state index in [0.29, 0.717) is 45.7 Å². The van der Waals surface area contributed by atoms with Crippen molar-refractivity contribution in [3.8, 4) is 6.07 Å². The van der Waals surface area contributed by atoms with Gasteiger partial charge >= 0.3 is 0 Å². The minimum Gasteiger partial charge on any atom is -0.555 e. The van der Waals surface area contributed by atoms with E-state index >= 15 is 0 Å². The third-order valence-corrected chi connectivity index (χ3v) is 5.00. The zero-order valence-corrected chi connectivity index (χ0v) is 50.4. The number of ether oxygens (including phenoxy) is 10. The molecule has 6 unspecified atom stereocenters. The summed E-state index contributed by atoms with van der Waals surface area (Å²) in [5.74, 6) is 0. The second kappa shape index (κ2) is 54.1. The van der Waals surface area contributed by atoms with Gasteiger partial charge in [0.05, 0.1) is 83.2 Å². The molecule has 0 saturated carbocycles. The summed E-state index contributed by atoms with van der Waals surface area (Å²) in [5, 5.41) is 63.1. The molecule has 0 aliphatic heterocycles. The monoisotopic (exact) mass is 1530 g/mol. The molecule has 0 aromatic carbocycles. The Kier molecular flexibility index (Phi) is 64.7. The Bertz CT molecular complexity index is 675. The van der Waals surface area contributed by atoms with E-state index in [1.165, 1.54) is 0 Å². The van der Waals surface area contributed by atoms with E-state index in [1.807, 2.05) is 6.07 Å². The predicted molar refractivity (Wildman–Crippen MR) is 178 cm³/mol. The molecule has 0 radical (unpaired) electrons. The molecule has 306 valence electrons. The summed E-state index contributed by atoms with van der Waals surface area (Å²) in [6.07, 6.45) is -2.58. The second-order valence-electron chi connectivity index (χ2n) is 9.81. The molecular formula is C32H60N2O16Rf3-6. The molecule has 0 fully saturated rings. The van der Waals surface area contributed by atoms with Gasteiger partial charge in [-0.15, -0.1) is 0 Å². The van der Waals surface area contributed by atoms with Crippen molar-refractivity contribution in [2.24, 2.45) is 0 Å². The molecule has 18 nitrogen and oxygen atoms in total. The van der Waals surface area contributed by atoms with Crippen LogP contribution in [0.2, 0.25) is 0 Å². The molecule has 6 N–H and O–H groups in total. The first-order chi connectivity index (χ1) is 24.0. The van der Waals surface area contributed by atoms with Gasteiger partial charge in [0.2, 0.25) is 6.54 Å². The summed E-state index contributed by atoms with van der Waals surface area (Å²) in [7, 11) is 18.8. The summed E-state index contributed by atoms with van der Waals surface area (Å²) in [6, 6.07) is 1.92. The fourth-order valence-electron chi connectivity index (χ4n) is 2.69. The van der Waals surface area contributed by atoms with Crippen molar-refractivity contribution >= 4 is 0 Å². The minimum atomic E-state index is -0.758. The molecule has 0 aliphatic carbocycles. The Morgan fingerprint density at radius 3 is 1.06 bits per heavy atom. The third kappa shape index (κ3) is 62.9. The van der Waals surface area contributed by atoms with Crippen LogP contribution in [0.5, 0.6) is 0 Å². The first-order valence-electron chi connectivity index (χ1n) is 15.3. The van der Waals surface area contributed by atoms with Crippen molar-refractivity contribution in [3.05, 3.63) is 54.1 Å². The van der Waals surface area contributed by atoms with Crippen LogP contribution >= 0.6 is 0 Å². The molecule has 0 heterocycles. The van der Waals surface area contributed by atoms with Gasteiger partial charge in [-0.2, -0.15) is 5.26 Å². The van der Waals surface area contributed by atoms with Crippen molar-refractivity contribution in [1.82, 2.24) is 0 Å². The normalized spacial score (nSPS) is 13.3. The summed E-state index contributed by atoms with van der Waals surface area (Å²) in [6.45, 7) is 9.51. The van der Waals surface area contributed by atoms with E-state index in [1.54, 1.807) is 0 Å². The molecule has 6 atom stereocenters. The Hall–Kier alpha value is -4.66. The first-order valence-corrected chi connectivity index (χ1v) is 15.3. The molecule has 0 rings (SSSR count). The number of aliphatic hydroxyl groups excluding tert-OH is 6. The van der Waals surface area contributed by atoms with Crippen LogP contribution in [-0.4, -0.2) is 166 Å². The number of hydrogen-bond donors (Lipinski definition) is 6. The van der Waals surface area contributed by atoms with Gasteiger partial charge in [0.15, 0.2) is 0 Å². The van der Waals surface area contributed by atoms with Crippen molar-refractivity contribution in [3.63, 3.8) is 0 Å². The molecular weight excluding hydrogens is 1470 g/mol. The first kappa shape index (κ1) is 63.4. The molecule has 0 saturated heterocycles. The molecule has 21 heteroatoms. The van der Waals surface area contributed by atoms with Gasteiger partial charge in [0.1, 0.15) is 18.8 Å². The van der Waals surface area contributed by atoms with Gasteiger partial charge in [-0.1, -0.05) is 0 Å². The Balaban J connectivity index is -0.000000108. The van der Waals surface area contributed by atoms with Crippen LogP contribution in [0.25, 0.3) is 4.85 Å². The maximum absolute atomic E-state index is 9.34. The quantitative estimate of drug-likeness (QED) is 0.0398. The summed E-state index contributed by atoms with van der Waals surface area (Å²) < 4.78 is 46.7. The van der Waals surface area contributed by atoms with Crippen molar-refractivity contribution < 1.29 is 78.0 Å². The smallest absolute Gasteiger partial charge is 0.237 e. The summed E-state index contributed by atoms with van der Waals surface area (Å²) in [5.41, 5.74) is 0. The molecule has 0 aliphatic rings. The van der Waals surface area contributed by atoms with Crippen LogP contribution in [0.1, 0.15) is 19.3 Å². The maximum Gasteiger partial charge on any atom is 0.237 e. The van der Waals surface area contributed by atoms with Crippen molar-refractivity contribution in [2.45, 2.75) is 55.9 Å². The van der Waals surface area contributed by atoms with Crippen LogP contribution in [0.15, 0.2) is 0 Å². The number of hydrogen-bond acceptors (Lipinski definition) is 17. The molecule has 53 heavy (non-hydrogen) atoms. The second-order valence-corrected chi connectivity index (χ2v) is 9.81. The SMILES string of the molecule is [C-]#[N+]CCOCC(O)COCC(O)CO[CH2-].[CH2-]OCC(O)COCC(O)COCCC#N.[CH2-]OCCC(O)CO[CH2-].[CH2-]OCCC(O)CO[CH2-].[Rf].[Rf].[Rf]. The fraction of sp³-hybridized carbons (Fsp3) is 0.750. The average molecular weight is 1530 g/mol. The van der Waals surface area contributed by atoms with Crippen LogP contribution < -0.4 is 0 Å². The van der Waals surface area contributed by atoms with Crippen LogP contribution in [0, 0.1) is 60.6 Å². The predicted octanol–water partition coefficient (Wildman–Crippen LogP) is -0.360. The maximum atomic E-state index is 9.34. The Morgan fingerprint density at radius 2 is 0.755 bits per heavy atom. The average Bonchev–Trinajstić information content (AvgIpc) is 3.08. The molecule has 0 bridgehead atoms. The van der Waals surface area contributed by atoms with Gasteiger partial charge in [-0.05, 0) is 12.8 Å². The number of nitrogens with zero attached hydrogens (tertiary/aromatic N) is 2. The van der Waals surface area contributed by atoms with E-state index in [2.05, 4.69) is 75.9 Å². The topological polar surface area (TPSA) is 242 Å². The standard InChI is InChI=1S/2C10H18NO5.2C6H12O3.3Rf/c1-11-3-4-15-6-10(13)8-16-7-9(12)5-14-2;1-14-5-9(12)7-16-8-10(13)6-15-4-2-3-11;2*1-8-4-3-6(7)5-9-2;;;/h9-10,12-13H,2-8H2;9-10,12-13H,1-2,4-8H2;2*6-7H,1-5H2;;;/q2*-1;2*-2;;;. The van der Waals surface area contributed by atoms with E-state index in [9.17, 15) is 15.3 Å². The molecule has 0 aromatic rings. The van der Waals surface area contributed by atoms with Gasteiger partial charge in [-0.3, -0.25) is 0 Å². The Labute approximate surface area is 298 Å². The molecule has 0 spiro atoms. The molecule has 0 aromatic heterocycles. The van der Waals surface area contributed by atoms with E-state index in [4.69, 9.17) is 46.1 Å². The fourth-order valence-corrected chi connectivity index (χ4v) is 2.69. The van der Waals surface area contributed by atoms with Gasteiger partial charge in [0.25, 0.3) is 0 Å². The van der Waals surface area contributed by atoms with Gasteiger partial charge in [0, 0.05) is 39.6 Å². The van der Waals surface area contributed by atoms with Crippen LogP contribution in [0.4, 0.5) is 0 Å². The third-order valence-electron chi connectivity index (χ3n) is 5.00. The van der Waals surface area contributed by atoms with Gasteiger partial charge < -0.3 is 82.9 Å². The van der Waals surface area contributed by atoms with Crippen LogP contribution in [-0.2, 0) is 47.4 Å². The number of nitriles is 1. The van der Waals surface area contributed by atoms with Crippen molar-refractivity contribution in [2.75, 3.05) is 99.0 Å². The van der Waals surface area contributed by atoms with Crippen LogP contribution in [0.3, 0.4) is 0 Å². The largest absolute Gasteiger partial charge is 0.555 e. The minimum absolute atomic E-state index is 0. The molecule has 0 amide bonds. The Morgan fingerprint density at radius 1 is 0.453 bits per heavy atom. The summed E-state index contributed by atoms with van der Waals surface area (Å²) in [4.78, 5) is 3.10. The summed E-state index contributed by atoms with van der Waals surface area (Å²) >= 11 is 0.